The van der Waals surface area contributed by atoms with Crippen LogP contribution in [0.5, 0.6) is 5.75 Å². The number of para-hydroxylation sites is 1. The van der Waals surface area contributed by atoms with Crippen LogP contribution in [0.4, 0.5) is 0 Å². The van der Waals surface area contributed by atoms with E-state index in [0.717, 1.165) is 27.9 Å². The molecule has 1 N–H and O–H groups in total. The van der Waals surface area contributed by atoms with Gasteiger partial charge in [-0.3, -0.25) is 14.9 Å². The summed E-state index contributed by atoms with van der Waals surface area (Å²) >= 11 is 0. The first-order valence-electron chi connectivity index (χ1n) is 7.49. The summed E-state index contributed by atoms with van der Waals surface area (Å²) in [6.45, 7) is 2.53. The number of hydrogen-bond donors (Lipinski definition) is 1. The van der Waals surface area contributed by atoms with Crippen molar-refractivity contribution in [2.24, 2.45) is 0 Å². The Labute approximate surface area is 132 Å². The second kappa shape index (κ2) is 5.28. The normalized spacial score (nSPS) is 11.2. The second-order valence-electron chi connectivity index (χ2n) is 5.25. The molecular formula is C18H15N3O2. The van der Waals surface area contributed by atoms with Crippen molar-refractivity contribution in [3.05, 3.63) is 65.1 Å². The maximum atomic E-state index is 12.6. The van der Waals surface area contributed by atoms with E-state index in [0.29, 0.717) is 12.0 Å². The Kier molecular flexibility index (Phi) is 3.12. The van der Waals surface area contributed by atoms with Crippen molar-refractivity contribution < 1.29 is 4.74 Å². The third-order valence-electron chi connectivity index (χ3n) is 3.82. The van der Waals surface area contributed by atoms with E-state index in [9.17, 15) is 4.79 Å². The predicted octanol–water partition coefficient (Wildman–Crippen LogP) is 3.27. The number of benzene rings is 2. The second-order valence-corrected chi connectivity index (χ2v) is 5.25. The van der Waals surface area contributed by atoms with E-state index in [1.165, 1.54) is 0 Å². The molecule has 2 aromatic heterocycles. The fourth-order valence-corrected chi connectivity index (χ4v) is 2.75. The summed E-state index contributed by atoms with van der Waals surface area (Å²) < 4.78 is 7.10. The number of pyridine rings is 1. The summed E-state index contributed by atoms with van der Waals surface area (Å²) in [4.78, 5) is 17.0. The Morgan fingerprint density at radius 2 is 1.96 bits per heavy atom. The van der Waals surface area contributed by atoms with Gasteiger partial charge in [-0.05, 0) is 37.3 Å². The van der Waals surface area contributed by atoms with E-state index in [2.05, 4.69) is 10.1 Å². The van der Waals surface area contributed by atoms with Crippen LogP contribution in [0.2, 0.25) is 0 Å². The lowest BCUT2D eigenvalue weighted by molar-refractivity contribution is 0.341. The van der Waals surface area contributed by atoms with Crippen molar-refractivity contribution >= 4 is 21.8 Å². The monoisotopic (exact) mass is 305 g/mol. The molecule has 0 atom stereocenters. The molecule has 0 bridgehead atoms. The van der Waals surface area contributed by atoms with E-state index in [1.54, 1.807) is 10.9 Å². The lowest BCUT2D eigenvalue weighted by Gasteiger charge is -2.04. The minimum absolute atomic E-state index is 0.109. The summed E-state index contributed by atoms with van der Waals surface area (Å²) in [5.74, 6) is 0.766. The summed E-state index contributed by atoms with van der Waals surface area (Å²) in [5, 5.41) is 4.64. The highest BCUT2D eigenvalue weighted by Gasteiger charge is 2.12. The van der Waals surface area contributed by atoms with Crippen molar-refractivity contribution in [3.8, 4) is 11.4 Å². The smallest absolute Gasteiger partial charge is 0.280 e. The van der Waals surface area contributed by atoms with Gasteiger partial charge < -0.3 is 4.74 Å². The first-order valence-corrected chi connectivity index (χ1v) is 7.49. The number of aromatic amines is 1. The Hall–Kier alpha value is -3.08. The maximum Gasteiger partial charge on any atom is 0.280 e. The van der Waals surface area contributed by atoms with Gasteiger partial charge in [0.1, 0.15) is 5.75 Å². The third-order valence-corrected chi connectivity index (χ3v) is 3.82. The van der Waals surface area contributed by atoms with Crippen molar-refractivity contribution in [2.75, 3.05) is 6.61 Å². The number of rotatable bonds is 3. The summed E-state index contributed by atoms with van der Waals surface area (Å²) in [5.41, 5.74) is 2.28. The molecule has 0 spiro atoms. The molecule has 0 radical (unpaired) electrons. The molecule has 5 heteroatoms. The molecule has 0 saturated heterocycles. The molecule has 0 aliphatic rings. The van der Waals surface area contributed by atoms with E-state index in [-0.39, 0.29) is 5.56 Å². The average molecular weight is 305 g/mol. The van der Waals surface area contributed by atoms with Crippen LogP contribution in [0.3, 0.4) is 0 Å². The highest BCUT2D eigenvalue weighted by Crippen LogP contribution is 2.25. The first kappa shape index (κ1) is 13.6. The Bertz CT molecular complexity index is 1050. The zero-order valence-electron chi connectivity index (χ0n) is 12.6. The molecule has 23 heavy (non-hydrogen) atoms. The van der Waals surface area contributed by atoms with Crippen molar-refractivity contribution in [3.63, 3.8) is 0 Å². The molecule has 0 fully saturated rings. The van der Waals surface area contributed by atoms with Gasteiger partial charge >= 0.3 is 0 Å². The maximum absolute atomic E-state index is 12.6. The van der Waals surface area contributed by atoms with Crippen LogP contribution in [-0.4, -0.2) is 21.4 Å². The number of ether oxygens (including phenoxy) is 1. The molecule has 0 aliphatic carbocycles. The van der Waals surface area contributed by atoms with Crippen LogP contribution >= 0.6 is 0 Å². The van der Waals surface area contributed by atoms with Crippen LogP contribution in [0.15, 0.2) is 59.5 Å². The topological polar surface area (TPSA) is 59.9 Å². The average Bonchev–Trinajstić information content (AvgIpc) is 2.93. The van der Waals surface area contributed by atoms with Crippen LogP contribution in [0.25, 0.3) is 27.5 Å². The van der Waals surface area contributed by atoms with Crippen molar-refractivity contribution in [1.29, 1.82) is 0 Å². The van der Waals surface area contributed by atoms with Gasteiger partial charge in [-0.15, -0.1) is 0 Å². The largest absolute Gasteiger partial charge is 0.494 e. The molecule has 114 valence electrons. The molecule has 0 unspecified atom stereocenters. The Morgan fingerprint density at radius 1 is 1.13 bits per heavy atom. The van der Waals surface area contributed by atoms with Gasteiger partial charge in [-0.1, -0.05) is 18.2 Å². The van der Waals surface area contributed by atoms with Gasteiger partial charge in [0.05, 0.1) is 28.7 Å². The molecule has 4 aromatic rings. The first-order chi connectivity index (χ1) is 11.3. The van der Waals surface area contributed by atoms with Crippen LogP contribution in [0, 0.1) is 0 Å². The predicted molar refractivity (Wildman–Crippen MR) is 90.4 cm³/mol. The molecule has 0 aliphatic heterocycles. The molecule has 2 aromatic carbocycles. The Balaban J connectivity index is 2.03. The number of H-pyrrole nitrogens is 1. The van der Waals surface area contributed by atoms with Gasteiger partial charge in [0.15, 0.2) is 0 Å². The van der Waals surface area contributed by atoms with Gasteiger partial charge in [0.25, 0.3) is 5.56 Å². The number of fused-ring (bicyclic) bond motifs is 3. The molecule has 0 amide bonds. The van der Waals surface area contributed by atoms with E-state index >= 15 is 0 Å². The van der Waals surface area contributed by atoms with Crippen molar-refractivity contribution in [1.82, 2.24) is 14.8 Å². The van der Waals surface area contributed by atoms with Crippen LogP contribution in [-0.2, 0) is 0 Å². The standard InChI is InChI=1S/C18H15N3O2/c1-2-23-13-8-9-16-14(10-13)17-15(11-19-16)18(22)21(20-17)12-6-4-3-5-7-12/h3-11,20H,2H2,1H3. The number of nitrogens with one attached hydrogen (secondary N) is 1. The highest BCUT2D eigenvalue weighted by atomic mass is 16.5. The molecule has 4 rings (SSSR count). The fourth-order valence-electron chi connectivity index (χ4n) is 2.75. The molecule has 5 nitrogen and oxygen atoms in total. The summed E-state index contributed by atoms with van der Waals surface area (Å²) in [6.07, 6.45) is 1.62. The van der Waals surface area contributed by atoms with E-state index in [1.807, 2.05) is 55.5 Å². The fraction of sp³-hybridized carbons (Fsp3) is 0.111. The quantitative estimate of drug-likeness (QED) is 0.632. The minimum atomic E-state index is -0.109. The molecule has 0 saturated carbocycles. The van der Waals surface area contributed by atoms with Gasteiger partial charge in [-0.2, -0.15) is 0 Å². The third kappa shape index (κ3) is 2.17. The summed E-state index contributed by atoms with van der Waals surface area (Å²) in [6, 6.07) is 15.2. The lowest BCUT2D eigenvalue weighted by Crippen LogP contribution is -2.13. The SMILES string of the molecule is CCOc1ccc2ncc3c(=O)n(-c4ccccc4)[nH]c3c2c1. The van der Waals surface area contributed by atoms with Crippen LogP contribution < -0.4 is 10.3 Å². The summed E-state index contributed by atoms with van der Waals surface area (Å²) in [7, 11) is 0. The lowest BCUT2D eigenvalue weighted by atomic mass is 10.1. The minimum Gasteiger partial charge on any atom is -0.494 e. The van der Waals surface area contributed by atoms with E-state index in [4.69, 9.17) is 4.74 Å². The number of nitrogens with zero attached hydrogens (tertiary/aromatic N) is 2. The van der Waals surface area contributed by atoms with Gasteiger partial charge in [-0.25, -0.2) is 4.68 Å². The van der Waals surface area contributed by atoms with E-state index < -0.39 is 0 Å². The zero-order valence-corrected chi connectivity index (χ0v) is 12.6. The van der Waals surface area contributed by atoms with Crippen molar-refractivity contribution in [2.45, 2.75) is 6.92 Å². The molecule has 2 heterocycles. The zero-order chi connectivity index (χ0) is 15.8. The number of aromatic nitrogens is 3. The van der Waals surface area contributed by atoms with Gasteiger partial charge in [0.2, 0.25) is 0 Å². The number of hydrogen-bond acceptors (Lipinski definition) is 3. The van der Waals surface area contributed by atoms with Gasteiger partial charge in [0, 0.05) is 11.6 Å². The Morgan fingerprint density at radius 3 is 2.74 bits per heavy atom. The van der Waals surface area contributed by atoms with Crippen LogP contribution in [0.1, 0.15) is 6.92 Å². The molecular weight excluding hydrogens is 290 g/mol. The highest BCUT2D eigenvalue weighted by molar-refractivity contribution is 6.03.